The van der Waals surface area contributed by atoms with Crippen LogP contribution in [0.2, 0.25) is 0 Å². The van der Waals surface area contributed by atoms with E-state index >= 15 is 0 Å². The van der Waals surface area contributed by atoms with Gasteiger partial charge in [-0.1, -0.05) is 0 Å². The molecule has 0 spiro atoms. The Balaban J connectivity index is 1.77. The van der Waals surface area contributed by atoms with Crippen LogP contribution in [0, 0.1) is 0 Å². The first-order valence-corrected chi connectivity index (χ1v) is 8.33. The normalized spacial score (nSPS) is 29.2. The number of rotatable bonds is 2. The van der Waals surface area contributed by atoms with Crippen molar-refractivity contribution in [2.24, 2.45) is 0 Å². The van der Waals surface area contributed by atoms with Crippen molar-refractivity contribution in [2.45, 2.75) is 23.8 Å². The second-order valence-corrected chi connectivity index (χ2v) is 7.29. The van der Waals surface area contributed by atoms with Gasteiger partial charge in [-0.05, 0) is 29.2 Å². The van der Waals surface area contributed by atoms with Crippen molar-refractivity contribution < 1.29 is 19.1 Å². The van der Waals surface area contributed by atoms with Crippen molar-refractivity contribution in [3.05, 3.63) is 21.9 Å². The van der Waals surface area contributed by atoms with Crippen LogP contribution in [0.4, 0.5) is 4.39 Å². The molecule has 0 saturated carbocycles. The van der Waals surface area contributed by atoms with Crippen LogP contribution in [0.3, 0.4) is 0 Å². The SMILES string of the molecule is O=C(C1SCCc2sccc21)N1CCC(F)(C(=O)O)C1. The summed E-state index contributed by atoms with van der Waals surface area (Å²) in [5.41, 5.74) is -1.27. The maximum absolute atomic E-state index is 14.1. The van der Waals surface area contributed by atoms with E-state index in [-0.39, 0.29) is 30.7 Å². The summed E-state index contributed by atoms with van der Waals surface area (Å²) < 4.78 is 14.1. The van der Waals surface area contributed by atoms with E-state index in [9.17, 15) is 14.0 Å². The lowest BCUT2D eigenvalue weighted by Gasteiger charge is -2.26. The number of thioether (sulfide) groups is 1. The van der Waals surface area contributed by atoms with E-state index in [1.165, 1.54) is 9.78 Å². The Kier molecular flexibility index (Phi) is 3.50. The number of fused-ring (bicyclic) bond motifs is 1. The minimum absolute atomic E-state index is 0.123. The Morgan fingerprint density at radius 2 is 2.30 bits per heavy atom. The molecule has 1 fully saturated rings. The highest BCUT2D eigenvalue weighted by Crippen LogP contribution is 2.41. The van der Waals surface area contributed by atoms with Crippen molar-refractivity contribution in [1.82, 2.24) is 4.90 Å². The molecule has 1 saturated heterocycles. The molecule has 0 radical (unpaired) electrons. The summed E-state index contributed by atoms with van der Waals surface area (Å²) in [5, 5.41) is 10.6. The number of amides is 1. The molecule has 0 aromatic carbocycles. The van der Waals surface area contributed by atoms with E-state index in [0.29, 0.717) is 0 Å². The molecule has 1 amide bonds. The third-order valence-corrected chi connectivity index (χ3v) is 6.04. The van der Waals surface area contributed by atoms with E-state index in [1.54, 1.807) is 23.1 Å². The maximum atomic E-state index is 14.1. The number of likely N-dealkylation sites (tertiary alicyclic amines) is 1. The summed E-state index contributed by atoms with van der Waals surface area (Å²) in [5.74, 6) is -0.757. The number of hydrogen-bond donors (Lipinski definition) is 1. The van der Waals surface area contributed by atoms with E-state index in [4.69, 9.17) is 5.11 Å². The predicted molar refractivity (Wildman–Crippen MR) is 75.9 cm³/mol. The number of thiophene rings is 1. The fourth-order valence-corrected chi connectivity index (χ4v) is 5.03. The Morgan fingerprint density at radius 3 is 3.00 bits per heavy atom. The smallest absolute Gasteiger partial charge is 0.343 e. The van der Waals surface area contributed by atoms with Crippen LogP contribution in [0.1, 0.15) is 22.1 Å². The first kappa shape index (κ1) is 13.9. The van der Waals surface area contributed by atoms with Gasteiger partial charge in [0.2, 0.25) is 11.6 Å². The molecule has 2 aliphatic rings. The molecule has 108 valence electrons. The van der Waals surface area contributed by atoms with Crippen molar-refractivity contribution in [3.63, 3.8) is 0 Å². The van der Waals surface area contributed by atoms with Crippen molar-refractivity contribution >= 4 is 35.0 Å². The molecule has 2 unspecified atom stereocenters. The third-order valence-electron chi connectivity index (χ3n) is 3.81. The molecule has 2 atom stereocenters. The summed E-state index contributed by atoms with van der Waals surface area (Å²) in [7, 11) is 0. The molecule has 0 bridgehead atoms. The number of aryl methyl sites for hydroxylation is 1. The van der Waals surface area contributed by atoms with Crippen LogP contribution in [0.5, 0.6) is 0 Å². The van der Waals surface area contributed by atoms with Crippen LogP contribution in [0.15, 0.2) is 11.4 Å². The van der Waals surface area contributed by atoms with Gasteiger partial charge in [0, 0.05) is 17.8 Å². The molecular weight excluding hydrogens is 301 g/mol. The number of carbonyl (C=O) groups excluding carboxylic acids is 1. The van der Waals surface area contributed by atoms with Gasteiger partial charge in [0.05, 0.1) is 6.54 Å². The number of aliphatic carboxylic acids is 1. The van der Waals surface area contributed by atoms with E-state index in [0.717, 1.165) is 17.7 Å². The number of nitrogens with zero attached hydrogens (tertiary/aromatic N) is 1. The molecule has 1 N–H and O–H groups in total. The number of alkyl halides is 1. The first-order valence-electron chi connectivity index (χ1n) is 6.40. The van der Waals surface area contributed by atoms with Crippen LogP contribution >= 0.6 is 23.1 Å². The average Bonchev–Trinajstić information content (AvgIpc) is 3.04. The molecule has 0 aliphatic carbocycles. The quantitative estimate of drug-likeness (QED) is 0.908. The van der Waals surface area contributed by atoms with Crippen LogP contribution < -0.4 is 0 Å². The molecular formula is C13H14FNO3S2. The molecule has 3 rings (SSSR count). The van der Waals surface area contributed by atoms with Gasteiger partial charge in [-0.25, -0.2) is 9.18 Å². The van der Waals surface area contributed by atoms with E-state index in [2.05, 4.69) is 0 Å². The van der Waals surface area contributed by atoms with Gasteiger partial charge in [0.25, 0.3) is 0 Å². The zero-order chi connectivity index (χ0) is 14.3. The lowest BCUT2D eigenvalue weighted by Crippen LogP contribution is -2.40. The van der Waals surface area contributed by atoms with Gasteiger partial charge in [-0.15, -0.1) is 23.1 Å². The van der Waals surface area contributed by atoms with Gasteiger partial charge in [0.1, 0.15) is 5.25 Å². The molecule has 4 nitrogen and oxygen atoms in total. The van der Waals surface area contributed by atoms with Gasteiger partial charge < -0.3 is 10.0 Å². The number of halogens is 1. The largest absolute Gasteiger partial charge is 0.479 e. The third kappa shape index (κ3) is 2.22. The van der Waals surface area contributed by atoms with E-state index in [1.807, 2.05) is 11.4 Å². The Morgan fingerprint density at radius 1 is 1.50 bits per heavy atom. The van der Waals surface area contributed by atoms with Crippen LogP contribution in [-0.4, -0.2) is 46.4 Å². The number of carbonyl (C=O) groups is 2. The zero-order valence-corrected chi connectivity index (χ0v) is 12.3. The van der Waals surface area contributed by atoms with Crippen molar-refractivity contribution in [3.8, 4) is 0 Å². The summed E-state index contributed by atoms with van der Waals surface area (Å²) in [6, 6.07) is 1.95. The fraction of sp³-hybridized carbons (Fsp3) is 0.538. The van der Waals surface area contributed by atoms with E-state index < -0.39 is 11.6 Å². The molecule has 20 heavy (non-hydrogen) atoms. The lowest BCUT2D eigenvalue weighted by atomic mass is 10.1. The number of carboxylic acid groups (broad SMARTS) is 1. The predicted octanol–water partition coefficient (Wildman–Crippen LogP) is 2.10. The monoisotopic (exact) mass is 315 g/mol. The van der Waals surface area contributed by atoms with Gasteiger partial charge in [-0.3, -0.25) is 4.79 Å². The first-order chi connectivity index (χ1) is 9.51. The van der Waals surface area contributed by atoms with Gasteiger partial charge in [0.15, 0.2) is 0 Å². The summed E-state index contributed by atoms with van der Waals surface area (Å²) in [6.45, 7) is -0.157. The molecule has 1 aromatic rings. The Hall–Kier alpha value is -1.08. The highest BCUT2D eigenvalue weighted by Gasteiger charge is 2.48. The molecule has 7 heteroatoms. The topological polar surface area (TPSA) is 57.6 Å². The minimum Gasteiger partial charge on any atom is -0.479 e. The molecule has 1 aromatic heterocycles. The Labute approximate surface area is 124 Å². The summed E-state index contributed by atoms with van der Waals surface area (Å²) in [4.78, 5) is 26.0. The Bertz CT molecular complexity index is 562. The van der Waals surface area contributed by atoms with Crippen LogP contribution in [0.25, 0.3) is 0 Å². The highest BCUT2D eigenvalue weighted by molar-refractivity contribution is 8.00. The second-order valence-electron chi connectivity index (χ2n) is 5.08. The minimum atomic E-state index is -2.29. The fourth-order valence-electron chi connectivity index (χ4n) is 2.65. The average molecular weight is 315 g/mol. The van der Waals surface area contributed by atoms with Gasteiger partial charge >= 0.3 is 5.97 Å². The maximum Gasteiger partial charge on any atom is 0.343 e. The molecule has 2 aliphatic heterocycles. The second kappa shape index (κ2) is 5.04. The van der Waals surface area contributed by atoms with Crippen LogP contribution in [-0.2, 0) is 16.0 Å². The molecule has 3 heterocycles. The summed E-state index contributed by atoms with van der Waals surface area (Å²) >= 11 is 3.20. The standard InChI is InChI=1S/C13H14FNO3S2/c14-13(12(17)18)3-4-15(7-13)11(16)10-8-1-5-19-9(8)2-6-20-10/h1,5,10H,2-4,6-7H2,(H,17,18). The van der Waals surface area contributed by atoms with Crippen molar-refractivity contribution in [2.75, 3.05) is 18.8 Å². The summed E-state index contributed by atoms with van der Waals surface area (Å²) in [6.07, 6.45) is 0.839. The highest BCUT2D eigenvalue weighted by atomic mass is 32.2. The number of carboxylic acids is 1. The number of hydrogen-bond acceptors (Lipinski definition) is 4. The zero-order valence-electron chi connectivity index (χ0n) is 10.7. The lowest BCUT2D eigenvalue weighted by molar-refractivity contribution is -0.150. The van der Waals surface area contributed by atoms with Gasteiger partial charge in [-0.2, -0.15) is 0 Å². The van der Waals surface area contributed by atoms with Crippen molar-refractivity contribution in [1.29, 1.82) is 0 Å².